The Kier molecular flexibility index (Phi) is 5.69. The summed E-state index contributed by atoms with van der Waals surface area (Å²) in [6, 6.07) is 8.88. The fourth-order valence-corrected chi connectivity index (χ4v) is 3.64. The van der Waals surface area contributed by atoms with Gasteiger partial charge in [-0.05, 0) is 36.4 Å². The summed E-state index contributed by atoms with van der Waals surface area (Å²) in [5.41, 5.74) is -0.0541. The molecule has 3 rings (SSSR count). The van der Waals surface area contributed by atoms with E-state index in [0.29, 0.717) is 24.3 Å². The first-order chi connectivity index (χ1) is 12.8. The van der Waals surface area contributed by atoms with Gasteiger partial charge in [0.25, 0.3) is 5.91 Å². The second-order valence-electron chi connectivity index (χ2n) is 6.10. The van der Waals surface area contributed by atoms with Gasteiger partial charge >= 0.3 is 6.36 Å². The summed E-state index contributed by atoms with van der Waals surface area (Å²) in [5.74, 6) is -1.54. The molecule has 1 saturated heterocycles. The van der Waals surface area contributed by atoms with Crippen LogP contribution < -0.4 is 10.1 Å². The molecule has 0 aliphatic carbocycles. The SMILES string of the molecule is O=C(Nc1ccccc1OC(F)(F)F)C1CCCN(C(=O)c2cccs2)C1. The standard InChI is InChI=1S/C18H17F3N2O3S/c19-18(20,21)26-14-7-2-1-6-13(14)22-16(24)12-5-3-9-23(11-12)17(25)15-8-4-10-27-15/h1-2,4,6-8,10,12H,3,5,9,11H2,(H,22,24). The van der Waals surface area contributed by atoms with Crippen LogP contribution in [0.2, 0.25) is 0 Å². The largest absolute Gasteiger partial charge is 0.573 e. The molecule has 1 unspecified atom stereocenters. The van der Waals surface area contributed by atoms with Crippen LogP contribution in [0.15, 0.2) is 41.8 Å². The number of thiophene rings is 1. The highest BCUT2D eigenvalue weighted by Crippen LogP contribution is 2.31. The number of amides is 2. The van der Waals surface area contributed by atoms with E-state index >= 15 is 0 Å². The van der Waals surface area contributed by atoms with Crippen molar-refractivity contribution in [2.24, 2.45) is 5.92 Å². The summed E-state index contributed by atoms with van der Waals surface area (Å²) in [5, 5.41) is 4.30. The molecule has 5 nitrogen and oxygen atoms in total. The van der Waals surface area contributed by atoms with Gasteiger partial charge in [0, 0.05) is 13.1 Å². The molecule has 144 valence electrons. The van der Waals surface area contributed by atoms with Crippen molar-refractivity contribution in [1.82, 2.24) is 4.90 Å². The monoisotopic (exact) mass is 398 g/mol. The van der Waals surface area contributed by atoms with Crippen LogP contribution in [0.1, 0.15) is 22.5 Å². The van der Waals surface area contributed by atoms with Gasteiger partial charge in [-0.2, -0.15) is 0 Å². The van der Waals surface area contributed by atoms with E-state index in [2.05, 4.69) is 10.1 Å². The van der Waals surface area contributed by atoms with Gasteiger partial charge in [-0.15, -0.1) is 24.5 Å². The third kappa shape index (κ3) is 5.00. The van der Waals surface area contributed by atoms with Crippen molar-refractivity contribution in [2.45, 2.75) is 19.2 Å². The van der Waals surface area contributed by atoms with Gasteiger partial charge in [0.05, 0.1) is 16.5 Å². The quantitative estimate of drug-likeness (QED) is 0.842. The molecule has 1 atom stereocenters. The molecule has 0 spiro atoms. The van der Waals surface area contributed by atoms with E-state index in [1.54, 1.807) is 22.4 Å². The maximum Gasteiger partial charge on any atom is 0.573 e. The Hall–Kier alpha value is -2.55. The zero-order valence-electron chi connectivity index (χ0n) is 14.2. The molecule has 2 aromatic rings. The van der Waals surface area contributed by atoms with Crippen LogP contribution in [0.5, 0.6) is 5.75 Å². The Balaban J connectivity index is 1.67. The molecule has 1 aliphatic rings. The van der Waals surface area contributed by atoms with Gasteiger partial charge in [0.1, 0.15) is 0 Å². The first-order valence-electron chi connectivity index (χ1n) is 8.32. The number of anilines is 1. The molecule has 1 aliphatic heterocycles. The fraction of sp³-hybridized carbons (Fsp3) is 0.333. The molecule has 2 heterocycles. The van der Waals surface area contributed by atoms with Gasteiger partial charge in [-0.3, -0.25) is 9.59 Å². The third-order valence-electron chi connectivity index (χ3n) is 4.18. The molecule has 2 amide bonds. The number of benzene rings is 1. The zero-order valence-corrected chi connectivity index (χ0v) is 15.0. The molecular formula is C18H17F3N2O3S. The summed E-state index contributed by atoms with van der Waals surface area (Å²) >= 11 is 1.33. The number of piperidine rings is 1. The van der Waals surface area contributed by atoms with Crippen LogP contribution in [0.4, 0.5) is 18.9 Å². The summed E-state index contributed by atoms with van der Waals surface area (Å²) in [6.07, 6.45) is -3.64. The van der Waals surface area contributed by atoms with Crippen molar-refractivity contribution < 1.29 is 27.5 Å². The average molecular weight is 398 g/mol. The Bertz CT molecular complexity index is 808. The van der Waals surface area contributed by atoms with Crippen LogP contribution in [-0.4, -0.2) is 36.2 Å². The third-order valence-corrected chi connectivity index (χ3v) is 5.04. The number of ether oxygens (including phenoxy) is 1. The number of hydrogen-bond acceptors (Lipinski definition) is 4. The fourth-order valence-electron chi connectivity index (χ4n) is 2.95. The van der Waals surface area contributed by atoms with E-state index in [0.717, 1.165) is 6.07 Å². The number of carbonyl (C=O) groups excluding carboxylic acids is 2. The number of likely N-dealkylation sites (tertiary alicyclic amines) is 1. The zero-order chi connectivity index (χ0) is 19.4. The van der Waals surface area contributed by atoms with Crippen molar-refractivity contribution in [3.63, 3.8) is 0 Å². The first kappa shape index (κ1) is 19.2. The summed E-state index contributed by atoms with van der Waals surface area (Å²) < 4.78 is 41.5. The average Bonchev–Trinajstić information content (AvgIpc) is 3.16. The maximum absolute atomic E-state index is 12.6. The van der Waals surface area contributed by atoms with Gasteiger partial charge in [0.15, 0.2) is 5.75 Å². The normalized spacial score (nSPS) is 17.4. The minimum absolute atomic E-state index is 0.0541. The molecule has 0 bridgehead atoms. The Morgan fingerprint density at radius 1 is 1.19 bits per heavy atom. The molecule has 0 radical (unpaired) electrons. The number of nitrogens with one attached hydrogen (secondary N) is 1. The number of rotatable bonds is 4. The first-order valence-corrected chi connectivity index (χ1v) is 9.20. The Morgan fingerprint density at radius 2 is 1.96 bits per heavy atom. The lowest BCUT2D eigenvalue weighted by atomic mass is 9.96. The highest BCUT2D eigenvalue weighted by molar-refractivity contribution is 7.12. The number of hydrogen-bond donors (Lipinski definition) is 1. The van der Waals surface area contributed by atoms with E-state index in [1.807, 2.05) is 0 Å². The van der Waals surface area contributed by atoms with Gasteiger partial charge < -0.3 is 15.0 Å². The van der Waals surface area contributed by atoms with Crippen LogP contribution in [-0.2, 0) is 4.79 Å². The van der Waals surface area contributed by atoms with Gasteiger partial charge in [-0.1, -0.05) is 18.2 Å². The van der Waals surface area contributed by atoms with Crippen LogP contribution in [0.3, 0.4) is 0 Å². The van der Waals surface area contributed by atoms with E-state index in [-0.39, 0.29) is 18.1 Å². The molecule has 1 aromatic carbocycles. The second-order valence-corrected chi connectivity index (χ2v) is 7.05. The van der Waals surface area contributed by atoms with Crippen LogP contribution in [0, 0.1) is 5.92 Å². The van der Waals surface area contributed by atoms with Crippen LogP contribution in [0.25, 0.3) is 0 Å². The predicted molar refractivity (Wildman–Crippen MR) is 94.7 cm³/mol. The number of nitrogens with zero attached hydrogens (tertiary/aromatic N) is 1. The smallest absolute Gasteiger partial charge is 0.404 e. The summed E-state index contributed by atoms with van der Waals surface area (Å²) in [7, 11) is 0. The number of para-hydroxylation sites is 2. The molecular weight excluding hydrogens is 381 g/mol. The van der Waals surface area contributed by atoms with Crippen molar-refractivity contribution in [1.29, 1.82) is 0 Å². The molecule has 1 fully saturated rings. The number of carbonyl (C=O) groups is 2. The second kappa shape index (κ2) is 7.99. The topological polar surface area (TPSA) is 58.6 Å². The predicted octanol–water partition coefficient (Wildman–Crippen LogP) is 4.14. The lowest BCUT2D eigenvalue weighted by Gasteiger charge is -2.31. The molecule has 1 N–H and O–H groups in total. The maximum atomic E-state index is 12.6. The molecule has 0 saturated carbocycles. The van der Waals surface area contributed by atoms with Crippen molar-refractivity contribution in [3.05, 3.63) is 46.7 Å². The lowest BCUT2D eigenvalue weighted by Crippen LogP contribution is -2.43. The van der Waals surface area contributed by atoms with Gasteiger partial charge in [-0.25, -0.2) is 0 Å². The van der Waals surface area contributed by atoms with Crippen molar-refractivity contribution in [3.8, 4) is 5.75 Å². The molecule has 27 heavy (non-hydrogen) atoms. The number of alkyl halides is 3. The van der Waals surface area contributed by atoms with E-state index < -0.39 is 23.9 Å². The Labute approximate surface area is 157 Å². The van der Waals surface area contributed by atoms with E-state index in [1.165, 1.54) is 29.5 Å². The highest BCUT2D eigenvalue weighted by Gasteiger charge is 2.33. The minimum atomic E-state index is -4.85. The van der Waals surface area contributed by atoms with E-state index in [4.69, 9.17) is 0 Å². The van der Waals surface area contributed by atoms with Crippen LogP contribution >= 0.6 is 11.3 Å². The summed E-state index contributed by atoms with van der Waals surface area (Å²) in [4.78, 5) is 27.2. The van der Waals surface area contributed by atoms with Gasteiger partial charge in [0.2, 0.25) is 5.91 Å². The number of halogens is 3. The highest BCUT2D eigenvalue weighted by atomic mass is 32.1. The van der Waals surface area contributed by atoms with Crippen molar-refractivity contribution in [2.75, 3.05) is 18.4 Å². The Morgan fingerprint density at radius 3 is 2.67 bits per heavy atom. The summed E-state index contributed by atoms with van der Waals surface area (Å²) in [6.45, 7) is 0.777. The lowest BCUT2D eigenvalue weighted by molar-refractivity contribution is -0.274. The minimum Gasteiger partial charge on any atom is -0.404 e. The van der Waals surface area contributed by atoms with Crippen molar-refractivity contribution >= 4 is 28.8 Å². The van der Waals surface area contributed by atoms with E-state index in [9.17, 15) is 22.8 Å². The molecule has 9 heteroatoms. The molecule has 1 aromatic heterocycles.